The molecule has 0 saturated carbocycles. The molecule has 0 amide bonds. The number of aliphatic hydroxyl groups is 1. The Balaban J connectivity index is -0.0000000131. The standard InChI is InChI=1S/C2H4O2.C2H6O.Mg.2H/c1-2(3)4;1-2-3;;;/h1H3,(H,3,4);3H,2H2,1H3;;;/q;;+2;2*-1. The first-order valence-electron chi connectivity index (χ1n) is 1.95. The Morgan fingerprint density at radius 2 is 1.75 bits per heavy atom. The molecule has 8 heavy (non-hydrogen) atoms. The van der Waals surface area contributed by atoms with E-state index in [4.69, 9.17) is 15.0 Å². The number of aliphatic carboxylic acids is 1. The van der Waals surface area contributed by atoms with E-state index in [2.05, 4.69) is 0 Å². The predicted molar refractivity (Wildman–Crippen MR) is 34.0 cm³/mol. The van der Waals surface area contributed by atoms with Gasteiger partial charge in [-0.2, -0.15) is 0 Å². The Bertz CT molecular complexity index is 49.8. The summed E-state index contributed by atoms with van der Waals surface area (Å²) in [6.07, 6.45) is 0. The summed E-state index contributed by atoms with van der Waals surface area (Å²) in [5.41, 5.74) is 0. The smallest absolute Gasteiger partial charge is 1.00 e. The normalized spacial score (nSPS) is 5.38. The van der Waals surface area contributed by atoms with Gasteiger partial charge in [-0.3, -0.25) is 4.79 Å². The van der Waals surface area contributed by atoms with Crippen molar-refractivity contribution in [2.24, 2.45) is 0 Å². The molecular formula is C4H12MgO3. The Kier molecular flexibility index (Phi) is 30.8. The van der Waals surface area contributed by atoms with Gasteiger partial charge < -0.3 is 13.1 Å². The van der Waals surface area contributed by atoms with Crippen LogP contribution in [0.15, 0.2) is 0 Å². The van der Waals surface area contributed by atoms with E-state index in [1.807, 2.05) is 0 Å². The summed E-state index contributed by atoms with van der Waals surface area (Å²) in [6.45, 7) is 3.01. The molecule has 0 unspecified atom stereocenters. The van der Waals surface area contributed by atoms with Crippen LogP contribution >= 0.6 is 0 Å². The fraction of sp³-hybridized carbons (Fsp3) is 0.750. The van der Waals surface area contributed by atoms with Crippen LogP contribution in [0, 0.1) is 0 Å². The van der Waals surface area contributed by atoms with Gasteiger partial charge in [0.2, 0.25) is 0 Å². The number of hydrogen-bond acceptors (Lipinski definition) is 2. The van der Waals surface area contributed by atoms with Crippen LogP contribution in [0.1, 0.15) is 16.7 Å². The van der Waals surface area contributed by atoms with Gasteiger partial charge in [-0.1, -0.05) is 0 Å². The van der Waals surface area contributed by atoms with Gasteiger partial charge in [0.15, 0.2) is 0 Å². The first-order chi connectivity index (χ1) is 3.15. The molecule has 0 radical (unpaired) electrons. The second kappa shape index (κ2) is 15.7. The van der Waals surface area contributed by atoms with Crippen molar-refractivity contribution in [2.45, 2.75) is 13.8 Å². The number of rotatable bonds is 0. The summed E-state index contributed by atoms with van der Waals surface area (Å²) in [5.74, 6) is -0.833. The average Bonchev–Trinajstić information content (AvgIpc) is 1.33. The van der Waals surface area contributed by atoms with E-state index in [9.17, 15) is 0 Å². The van der Waals surface area contributed by atoms with Gasteiger partial charge >= 0.3 is 23.1 Å². The number of aliphatic hydroxyl groups excluding tert-OH is 1. The summed E-state index contributed by atoms with van der Waals surface area (Å²) in [4.78, 5) is 9.00. The molecule has 0 heterocycles. The van der Waals surface area contributed by atoms with E-state index in [-0.39, 0.29) is 32.5 Å². The maximum Gasteiger partial charge on any atom is 2.00 e. The van der Waals surface area contributed by atoms with E-state index >= 15 is 0 Å². The van der Waals surface area contributed by atoms with Gasteiger partial charge in [0.25, 0.3) is 5.97 Å². The molecule has 0 spiro atoms. The second-order valence-corrected chi connectivity index (χ2v) is 0.835. The van der Waals surface area contributed by atoms with Crippen LogP contribution in [-0.4, -0.2) is 45.8 Å². The van der Waals surface area contributed by atoms with Crippen molar-refractivity contribution in [2.75, 3.05) is 6.61 Å². The van der Waals surface area contributed by atoms with E-state index < -0.39 is 5.97 Å². The molecule has 0 rings (SSSR count). The Hall–Kier alpha value is 0.196. The third kappa shape index (κ3) is 4340. The number of carbonyl (C=O) groups is 1. The summed E-state index contributed by atoms with van der Waals surface area (Å²) in [5, 5.41) is 15.0. The van der Waals surface area contributed by atoms with Crippen molar-refractivity contribution >= 4 is 29.0 Å². The van der Waals surface area contributed by atoms with Gasteiger partial charge in [-0.05, 0) is 6.92 Å². The van der Waals surface area contributed by atoms with Crippen LogP contribution in [0.25, 0.3) is 0 Å². The van der Waals surface area contributed by atoms with E-state index in [1.54, 1.807) is 6.92 Å². The molecule has 0 aromatic rings. The van der Waals surface area contributed by atoms with Crippen LogP contribution in [0.4, 0.5) is 0 Å². The summed E-state index contributed by atoms with van der Waals surface area (Å²) in [6, 6.07) is 0. The molecule has 3 nitrogen and oxygen atoms in total. The largest absolute Gasteiger partial charge is 2.00 e. The van der Waals surface area contributed by atoms with Crippen molar-refractivity contribution in [3.63, 3.8) is 0 Å². The Morgan fingerprint density at radius 1 is 1.75 bits per heavy atom. The van der Waals surface area contributed by atoms with Gasteiger partial charge in [0, 0.05) is 13.5 Å². The predicted octanol–water partition coefficient (Wildman–Crippen LogP) is -0.0663. The van der Waals surface area contributed by atoms with Crippen molar-refractivity contribution in [1.82, 2.24) is 0 Å². The zero-order chi connectivity index (χ0) is 6.28. The van der Waals surface area contributed by atoms with Crippen molar-refractivity contribution in [3.8, 4) is 0 Å². The molecule has 0 aromatic heterocycles. The van der Waals surface area contributed by atoms with Crippen molar-refractivity contribution in [3.05, 3.63) is 0 Å². The first-order valence-corrected chi connectivity index (χ1v) is 1.95. The van der Waals surface area contributed by atoms with Gasteiger partial charge in [0.1, 0.15) is 0 Å². The van der Waals surface area contributed by atoms with E-state index in [1.165, 1.54) is 0 Å². The van der Waals surface area contributed by atoms with Crippen LogP contribution in [0.2, 0.25) is 0 Å². The minimum absolute atomic E-state index is 0. The van der Waals surface area contributed by atoms with Crippen molar-refractivity contribution in [1.29, 1.82) is 0 Å². The summed E-state index contributed by atoms with van der Waals surface area (Å²) in [7, 11) is 0. The SMILES string of the molecule is CC(=O)O.CCO.[H-].[H-].[Mg+2]. The molecule has 0 aliphatic rings. The Morgan fingerprint density at radius 3 is 1.75 bits per heavy atom. The molecule has 0 fully saturated rings. The fourth-order valence-corrected chi connectivity index (χ4v) is 0. The molecule has 48 valence electrons. The summed E-state index contributed by atoms with van der Waals surface area (Å²) < 4.78 is 0. The fourth-order valence-electron chi connectivity index (χ4n) is 0. The van der Waals surface area contributed by atoms with Crippen LogP contribution in [0.3, 0.4) is 0 Å². The maximum atomic E-state index is 9.00. The van der Waals surface area contributed by atoms with Crippen LogP contribution in [0.5, 0.6) is 0 Å². The van der Waals surface area contributed by atoms with Gasteiger partial charge in [0.05, 0.1) is 0 Å². The molecule has 0 aliphatic heterocycles. The topological polar surface area (TPSA) is 57.5 Å². The van der Waals surface area contributed by atoms with Crippen LogP contribution < -0.4 is 0 Å². The zero-order valence-electron chi connectivity index (χ0n) is 7.22. The number of carboxylic acids is 1. The minimum atomic E-state index is -0.833. The monoisotopic (exact) mass is 132 g/mol. The minimum Gasteiger partial charge on any atom is -1.00 e. The third-order valence-electron chi connectivity index (χ3n) is 0. The molecule has 0 aliphatic carbocycles. The molecule has 0 atom stereocenters. The molecular weight excluding hydrogens is 120 g/mol. The van der Waals surface area contributed by atoms with E-state index in [0.717, 1.165) is 6.92 Å². The molecule has 0 bridgehead atoms. The van der Waals surface area contributed by atoms with Gasteiger partial charge in [-0.15, -0.1) is 0 Å². The molecule has 0 saturated heterocycles. The van der Waals surface area contributed by atoms with Crippen LogP contribution in [-0.2, 0) is 4.79 Å². The Labute approximate surface area is 67.8 Å². The zero-order valence-corrected chi connectivity index (χ0v) is 6.63. The molecule has 0 aromatic carbocycles. The second-order valence-electron chi connectivity index (χ2n) is 0.835. The number of carboxylic acid groups (broad SMARTS) is 1. The maximum absolute atomic E-state index is 9.00. The van der Waals surface area contributed by atoms with E-state index in [0.29, 0.717) is 0 Å². The van der Waals surface area contributed by atoms with Gasteiger partial charge in [-0.25, -0.2) is 0 Å². The quantitative estimate of drug-likeness (QED) is 0.454. The molecule has 4 heteroatoms. The van der Waals surface area contributed by atoms with Crippen molar-refractivity contribution < 1.29 is 17.9 Å². The first kappa shape index (κ1) is 15.7. The summed E-state index contributed by atoms with van der Waals surface area (Å²) >= 11 is 0. The molecule has 2 N–H and O–H groups in total. The number of hydrogen-bond donors (Lipinski definition) is 2. The average molecular weight is 132 g/mol. The third-order valence-corrected chi connectivity index (χ3v) is 0.